The van der Waals surface area contributed by atoms with Gasteiger partial charge in [0.05, 0.1) is 19.8 Å². The number of hydrogen-bond acceptors (Lipinski definition) is 6. The first kappa shape index (κ1) is 18.1. The van der Waals surface area contributed by atoms with Gasteiger partial charge < -0.3 is 14.8 Å². The van der Waals surface area contributed by atoms with Crippen molar-refractivity contribution in [2.75, 3.05) is 13.2 Å². The lowest BCUT2D eigenvalue weighted by Crippen LogP contribution is -2.25. The molecule has 1 fully saturated rings. The van der Waals surface area contributed by atoms with Crippen LogP contribution in [0.25, 0.3) is 5.69 Å². The Bertz CT molecular complexity index is 948. The van der Waals surface area contributed by atoms with E-state index < -0.39 is 0 Å². The quantitative estimate of drug-likeness (QED) is 0.705. The number of ether oxygens (including phenoxy) is 2. The number of rotatable bonds is 6. The van der Waals surface area contributed by atoms with E-state index in [1.807, 2.05) is 35.8 Å². The van der Waals surface area contributed by atoms with Crippen molar-refractivity contribution in [3.05, 3.63) is 65.9 Å². The molecule has 8 nitrogen and oxygen atoms in total. The maximum atomic E-state index is 12.5. The zero-order valence-corrected chi connectivity index (χ0v) is 15.5. The fourth-order valence-corrected chi connectivity index (χ4v) is 2.95. The molecule has 3 aromatic rings. The third kappa shape index (κ3) is 4.17. The van der Waals surface area contributed by atoms with Crippen molar-refractivity contribution in [1.29, 1.82) is 0 Å². The molecule has 1 aromatic carbocycles. The van der Waals surface area contributed by atoms with Gasteiger partial charge in [-0.2, -0.15) is 0 Å². The Morgan fingerprint density at radius 2 is 2.18 bits per heavy atom. The molecule has 1 amide bonds. The lowest BCUT2D eigenvalue weighted by Gasteiger charge is -2.12. The van der Waals surface area contributed by atoms with Crippen molar-refractivity contribution in [3.8, 4) is 11.6 Å². The first-order valence-corrected chi connectivity index (χ1v) is 9.13. The minimum Gasteiger partial charge on any atom is -0.472 e. The average molecular weight is 379 g/mol. The van der Waals surface area contributed by atoms with E-state index in [0.29, 0.717) is 30.5 Å². The number of aryl methyl sites for hydroxylation is 1. The van der Waals surface area contributed by atoms with Gasteiger partial charge in [-0.1, -0.05) is 17.7 Å². The molecule has 2 aromatic heterocycles. The van der Waals surface area contributed by atoms with E-state index in [1.54, 1.807) is 24.7 Å². The Morgan fingerprint density at radius 1 is 1.32 bits per heavy atom. The fourth-order valence-electron chi connectivity index (χ4n) is 2.95. The normalized spacial score (nSPS) is 16.1. The number of amides is 1. The molecule has 0 bridgehead atoms. The predicted molar refractivity (Wildman–Crippen MR) is 101 cm³/mol. The summed E-state index contributed by atoms with van der Waals surface area (Å²) in [5, 5.41) is 11.0. The van der Waals surface area contributed by atoms with Crippen LogP contribution in [0.4, 0.5) is 0 Å². The molecule has 4 rings (SSSR count). The molecule has 0 aliphatic carbocycles. The molecule has 1 aliphatic rings. The van der Waals surface area contributed by atoms with Crippen LogP contribution in [-0.4, -0.2) is 45.0 Å². The van der Waals surface area contributed by atoms with E-state index in [1.165, 1.54) is 5.56 Å². The van der Waals surface area contributed by atoms with Crippen LogP contribution in [-0.2, 0) is 11.3 Å². The van der Waals surface area contributed by atoms with Crippen LogP contribution in [0.15, 0.2) is 48.9 Å². The van der Waals surface area contributed by atoms with Crippen LogP contribution in [0, 0.1) is 6.92 Å². The minimum absolute atomic E-state index is 0.0149. The molecule has 1 N–H and O–H groups in total. The summed E-state index contributed by atoms with van der Waals surface area (Å²) in [7, 11) is 0. The second-order valence-corrected chi connectivity index (χ2v) is 6.62. The number of benzene rings is 1. The molecule has 0 radical (unpaired) electrons. The second-order valence-electron chi connectivity index (χ2n) is 6.62. The molecule has 0 saturated carbocycles. The lowest BCUT2D eigenvalue weighted by atomic mass is 10.2. The van der Waals surface area contributed by atoms with Crippen molar-refractivity contribution in [2.45, 2.75) is 26.0 Å². The van der Waals surface area contributed by atoms with Gasteiger partial charge in [0, 0.05) is 29.9 Å². The molecule has 0 unspecified atom stereocenters. The molecule has 28 heavy (non-hydrogen) atoms. The SMILES string of the molecule is Cc1ccc(-n2cnnc2CNC(=O)c2ccnc(O[C@H]3CCOC3)c2)cc1. The van der Waals surface area contributed by atoms with Crippen molar-refractivity contribution in [1.82, 2.24) is 25.1 Å². The van der Waals surface area contributed by atoms with E-state index in [-0.39, 0.29) is 18.6 Å². The van der Waals surface area contributed by atoms with Crippen LogP contribution in [0.1, 0.15) is 28.2 Å². The van der Waals surface area contributed by atoms with E-state index in [0.717, 1.165) is 12.1 Å². The number of nitrogens with zero attached hydrogens (tertiary/aromatic N) is 4. The van der Waals surface area contributed by atoms with Crippen LogP contribution >= 0.6 is 0 Å². The van der Waals surface area contributed by atoms with Crippen LogP contribution in [0.5, 0.6) is 5.88 Å². The van der Waals surface area contributed by atoms with Gasteiger partial charge in [0.2, 0.25) is 5.88 Å². The smallest absolute Gasteiger partial charge is 0.251 e. The topological polar surface area (TPSA) is 91.2 Å². The van der Waals surface area contributed by atoms with Crippen LogP contribution < -0.4 is 10.1 Å². The standard InChI is InChI=1S/C20H21N5O3/c1-14-2-4-16(5-3-14)25-13-23-24-18(25)11-22-20(26)15-6-8-21-19(10-15)28-17-7-9-27-12-17/h2-6,8,10,13,17H,7,9,11-12H2,1H3,(H,22,26)/t17-/m0/s1. The van der Waals surface area contributed by atoms with Gasteiger partial charge in [-0.3, -0.25) is 9.36 Å². The highest BCUT2D eigenvalue weighted by Gasteiger charge is 2.18. The summed E-state index contributed by atoms with van der Waals surface area (Å²) in [6.45, 7) is 3.52. The number of carbonyl (C=O) groups is 1. The Hall–Kier alpha value is -3.26. The summed E-state index contributed by atoms with van der Waals surface area (Å²) in [6.07, 6.45) is 4.01. The number of aromatic nitrogens is 4. The zero-order chi connectivity index (χ0) is 19.3. The molecule has 3 heterocycles. The summed E-state index contributed by atoms with van der Waals surface area (Å²) >= 11 is 0. The molecule has 1 aliphatic heterocycles. The molecule has 8 heteroatoms. The number of carbonyl (C=O) groups excluding carboxylic acids is 1. The monoisotopic (exact) mass is 379 g/mol. The Morgan fingerprint density at radius 3 is 2.96 bits per heavy atom. The van der Waals surface area contributed by atoms with E-state index in [2.05, 4.69) is 20.5 Å². The van der Waals surface area contributed by atoms with Crippen LogP contribution in [0.3, 0.4) is 0 Å². The average Bonchev–Trinajstić information content (AvgIpc) is 3.39. The maximum Gasteiger partial charge on any atom is 0.251 e. The number of pyridine rings is 1. The highest BCUT2D eigenvalue weighted by molar-refractivity contribution is 5.94. The third-order valence-corrected chi connectivity index (χ3v) is 4.51. The number of nitrogens with one attached hydrogen (secondary N) is 1. The number of hydrogen-bond donors (Lipinski definition) is 1. The first-order chi connectivity index (χ1) is 13.7. The van der Waals surface area contributed by atoms with Crippen LogP contribution in [0.2, 0.25) is 0 Å². The Balaban J connectivity index is 1.41. The summed E-state index contributed by atoms with van der Waals surface area (Å²) in [5.74, 6) is 0.838. The second kappa shape index (κ2) is 8.18. The highest BCUT2D eigenvalue weighted by Crippen LogP contribution is 2.16. The summed E-state index contributed by atoms with van der Waals surface area (Å²) in [4.78, 5) is 16.7. The Kier molecular flexibility index (Phi) is 5.29. The lowest BCUT2D eigenvalue weighted by molar-refractivity contribution is 0.0948. The molecule has 1 saturated heterocycles. The van der Waals surface area contributed by atoms with Gasteiger partial charge in [0.15, 0.2) is 5.82 Å². The highest BCUT2D eigenvalue weighted by atomic mass is 16.5. The zero-order valence-electron chi connectivity index (χ0n) is 15.5. The van der Waals surface area contributed by atoms with Crippen molar-refractivity contribution in [2.24, 2.45) is 0 Å². The largest absolute Gasteiger partial charge is 0.472 e. The summed E-state index contributed by atoms with van der Waals surface area (Å²) in [6, 6.07) is 11.3. The van der Waals surface area contributed by atoms with E-state index >= 15 is 0 Å². The van der Waals surface area contributed by atoms with Crippen molar-refractivity contribution < 1.29 is 14.3 Å². The molecule has 1 atom stereocenters. The predicted octanol–water partition coefficient (Wildman–Crippen LogP) is 2.07. The first-order valence-electron chi connectivity index (χ1n) is 9.13. The Labute approximate surface area is 162 Å². The van der Waals surface area contributed by atoms with Gasteiger partial charge in [-0.15, -0.1) is 10.2 Å². The van der Waals surface area contributed by atoms with Gasteiger partial charge >= 0.3 is 0 Å². The summed E-state index contributed by atoms with van der Waals surface area (Å²) in [5.41, 5.74) is 2.59. The van der Waals surface area contributed by atoms with Gasteiger partial charge in [-0.05, 0) is 25.1 Å². The van der Waals surface area contributed by atoms with Crippen molar-refractivity contribution >= 4 is 5.91 Å². The van der Waals surface area contributed by atoms with Gasteiger partial charge in [0.1, 0.15) is 12.4 Å². The molecule has 0 spiro atoms. The molecular weight excluding hydrogens is 358 g/mol. The van der Waals surface area contributed by atoms with Crippen molar-refractivity contribution in [3.63, 3.8) is 0 Å². The third-order valence-electron chi connectivity index (χ3n) is 4.51. The van der Waals surface area contributed by atoms with E-state index in [4.69, 9.17) is 9.47 Å². The van der Waals surface area contributed by atoms with E-state index in [9.17, 15) is 4.79 Å². The fraction of sp³-hybridized carbons (Fsp3) is 0.300. The maximum absolute atomic E-state index is 12.5. The minimum atomic E-state index is -0.228. The molecular formula is C20H21N5O3. The van der Waals surface area contributed by atoms with Gasteiger partial charge in [-0.25, -0.2) is 4.98 Å². The molecule has 144 valence electrons. The van der Waals surface area contributed by atoms with Gasteiger partial charge in [0.25, 0.3) is 5.91 Å². The summed E-state index contributed by atoms with van der Waals surface area (Å²) < 4.78 is 12.9.